The SMILES string of the molecule is COc1ccc(C(O)=C2C(=O)C(=O)N(c3cc(C)on3)C2c2cccc(Br)c2)cc1C. The number of aromatic nitrogens is 1. The van der Waals surface area contributed by atoms with Crippen LogP contribution in [0.4, 0.5) is 5.82 Å². The van der Waals surface area contributed by atoms with E-state index in [9.17, 15) is 14.7 Å². The van der Waals surface area contributed by atoms with Gasteiger partial charge in [0.25, 0.3) is 5.78 Å². The van der Waals surface area contributed by atoms with Gasteiger partial charge in [-0.1, -0.05) is 33.2 Å². The summed E-state index contributed by atoms with van der Waals surface area (Å²) < 4.78 is 11.2. The van der Waals surface area contributed by atoms with Gasteiger partial charge in [0.1, 0.15) is 17.3 Å². The molecule has 0 spiro atoms. The number of hydrogen-bond acceptors (Lipinski definition) is 6. The van der Waals surface area contributed by atoms with Crippen molar-refractivity contribution in [1.82, 2.24) is 5.16 Å². The first-order valence-corrected chi connectivity index (χ1v) is 10.3. The van der Waals surface area contributed by atoms with Crippen LogP contribution in [0.25, 0.3) is 5.76 Å². The Morgan fingerprint density at radius 1 is 1.16 bits per heavy atom. The maximum Gasteiger partial charge on any atom is 0.301 e. The number of rotatable bonds is 4. The highest BCUT2D eigenvalue weighted by Gasteiger charge is 2.48. The molecule has 0 saturated carbocycles. The van der Waals surface area contributed by atoms with Gasteiger partial charge in [0.05, 0.1) is 18.7 Å². The number of aliphatic hydroxyl groups excluding tert-OH is 1. The Kier molecular flexibility index (Phi) is 5.41. The molecule has 1 N–H and O–H groups in total. The second-order valence-electron chi connectivity index (χ2n) is 7.20. The predicted molar refractivity (Wildman–Crippen MR) is 118 cm³/mol. The van der Waals surface area contributed by atoms with Crippen LogP contribution in [0.3, 0.4) is 0 Å². The van der Waals surface area contributed by atoms with E-state index >= 15 is 0 Å². The maximum atomic E-state index is 13.1. The van der Waals surface area contributed by atoms with Crippen LogP contribution in [0.2, 0.25) is 0 Å². The molecular formula is C23H19BrN2O5. The zero-order chi connectivity index (χ0) is 22.3. The topological polar surface area (TPSA) is 92.9 Å². The summed E-state index contributed by atoms with van der Waals surface area (Å²) in [6.07, 6.45) is 0. The number of anilines is 1. The molecule has 31 heavy (non-hydrogen) atoms. The molecule has 1 unspecified atom stereocenters. The van der Waals surface area contributed by atoms with Gasteiger partial charge in [-0.25, -0.2) is 0 Å². The molecule has 1 amide bonds. The Labute approximate surface area is 187 Å². The first-order valence-electron chi connectivity index (χ1n) is 9.46. The number of carbonyl (C=O) groups excluding carboxylic acids is 2. The number of carbonyl (C=O) groups is 2. The Bertz CT molecular complexity index is 1230. The standard InChI is InChI=1S/C23H19BrN2O5/c1-12-9-15(7-8-17(12)30-3)21(27)19-20(14-5-4-6-16(24)11-14)26(23(29)22(19)28)18-10-13(2)31-25-18/h4-11,20,27H,1-3H3. The highest BCUT2D eigenvalue weighted by atomic mass is 79.9. The minimum Gasteiger partial charge on any atom is -0.507 e. The van der Waals surface area contributed by atoms with E-state index in [2.05, 4.69) is 21.1 Å². The predicted octanol–water partition coefficient (Wildman–Crippen LogP) is 4.69. The summed E-state index contributed by atoms with van der Waals surface area (Å²) >= 11 is 3.43. The monoisotopic (exact) mass is 482 g/mol. The van der Waals surface area contributed by atoms with Crippen LogP contribution in [0.1, 0.15) is 28.5 Å². The minimum atomic E-state index is -0.871. The quantitative estimate of drug-likeness (QED) is 0.329. The van der Waals surface area contributed by atoms with Gasteiger partial charge in [-0.3, -0.25) is 14.5 Å². The van der Waals surface area contributed by atoms with Crippen molar-refractivity contribution in [3.8, 4) is 5.75 Å². The molecule has 0 radical (unpaired) electrons. The van der Waals surface area contributed by atoms with Gasteiger partial charge in [-0.2, -0.15) is 0 Å². The first kappa shape index (κ1) is 20.9. The highest BCUT2D eigenvalue weighted by Crippen LogP contribution is 2.42. The van der Waals surface area contributed by atoms with E-state index in [1.807, 2.05) is 13.0 Å². The second-order valence-corrected chi connectivity index (χ2v) is 8.12. The van der Waals surface area contributed by atoms with Crippen molar-refractivity contribution in [1.29, 1.82) is 0 Å². The lowest BCUT2D eigenvalue weighted by molar-refractivity contribution is -0.132. The van der Waals surface area contributed by atoms with Crippen LogP contribution >= 0.6 is 15.9 Å². The van der Waals surface area contributed by atoms with Gasteiger partial charge in [-0.15, -0.1) is 0 Å². The van der Waals surface area contributed by atoms with E-state index in [0.29, 0.717) is 22.6 Å². The molecule has 1 aromatic heterocycles. The lowest BCUT2D eigenvalue weighted by atomic mass is 9.95. The molecule has 1 saturated heterocycles. The third-order valence-corrected chi connectivity index (χ3v) is 5.63. The van der Waals surface area contributed by atoms with E-state index < -0.39 is 17.7 Å². The second kappa shape index (κ2) is 8.03. The van der Waals surface area contributed by atoms with E-state index in [0.717, 1.165) is 10.0 Å². The van der Waals surface area contributed by atoms with Crippen LogP contribution < -0.4 is 9.64 Å². The molecule has 1 aliphatic rings. The fraction of sp³-hybridized carbons (Fsp3) is 0.174. The zero-order valence-corrected chi connectivity index (χ0v) is 18.6. The first-order chi connectivity index (χ1) is 14.8. The maximum absolute atomic E-state index is 13.1. The molecule has 4 rings (SSSR count). The number of aliphatic hydroxyl groups is 1. The number of ketones is 1. The van der Waals surface area contributed by atoms with Crippen molar-refractivity contribution in [2.45, 2.75) is 19.9 Å². The van der Waals surface area contributed by atoms with Gasteiger partial charge in [0.15, 0.2) is 5.82 Å². The number of Topliss-reactive ketones (excluding diaryl/α,β-unsaturated/α-hetero) is 1. The van der Waals surface area contributed by atoms with Crippen LogP contribution in [-0.4, -0.2) is 29.1 Å². The number of halogens is 1. The zero-order valence-electron chi connectivity index (χ0n) is 17.0. The largest absolute Gasteiger partial charge is 0.507 e. The average Bonchev–Trinajstić information content (AvgIpc) is 3.28. The van der Waals surface area contributed by atoms with Crippen LogP contribution in [-0.2, 0) is 9.59 Å². The van der Waals surface area contributed by atoms with Gasteiger partial charge >= 0.3 is 5.91 Å². The van der Waals surface area contributed by atoms with Crippen LogP contribution in [0, 0.1) is 13.8 Å². The van der Waals surface area contributed by atoms with Crippen LogP contribution in [0.15, 0.2) is 63.1 Å². The Morgan fingerprint density at radius 3 is 2.55 bits per heavy atom. The Balaban J connectivity index is 1.94. The molecule has 158 valence electrons. The van der Waals surface area contributed by atoms with Gasteiger partial charge in [-0.05, 0) is 55.3 Å². The molecule has 2 aromatic carbocycles. The summed E-state index contributed by atoms with van der Waals surface area (Å²) in [5.41, 5.74) is 1.81. The summed E-state index contributed by atoms with van der Waals surface area (Å²) in [4.78, 5) is 27.4. The van der Waals surface area contributed by atoms with Gasteiger partial charge in [0.2, 0.25) is 0 Å². The molecular weight excluding hydrogens is 464 g/mol. The number of benzene rings is 2. The Morgan fingerprint density at radius 2 is 1.94 bits per heavy atom. The number of nitrogens with zero attached hydrogens (tertiary/aromatic N) is 2. The number of methoxy groups -OCH3 is 1. The van der Waals surface area contributed by atoms with Crippen molar-refractivity contribution in [2.24, 2.45) is 0 Å². The molecule has 1 fully saturated rings. The smallest absolute Gasteiger partial charge is 0.301 e. The summed E-state index contributed by atoms with van der Waals surface area (Å²) in [7, 11) is 1.56. The average molecular weight is 483 g/mol. The molecule has 2 heterocycles. The summed E-state index contributed by atoms with van der Waals surface area (Å²) in [5.74, 6) is -0.498. The summed E-state index contributed by atoms with van der Waals surface area (Å²) in [6, 6.07) is 13.0. The number of aryl methyl sites for hydroxylation is 2. The van der Waals surface area contributed by atoms with E-state index in [1.165, 1.54) is 4.90 Å². The molecule has 3 aromatic rings. The third kappa shape index (κ3) is 3.63. The fourth-order valence-corrected chi connectivity index (χ4v) is 4.13. The molecule has 7 nitrogen and oxygen atoms in total. The van der Waals surface area contributed by atoms with Crippen molar-refractivity contribution in [2.75, 3.05) is 12.0 Å². The fourth-order valence-electron chi connectivity index (χ4n) is 3.71. The number of amides is 1. The normalized spacial score (nSPS) is 17.9. The van der Waals surface area contributed by atoms with Crippen molar-refractivity contribution >= 4 is 39.2 Å². The number of ether oxygens (including phenoxy) is 1. The number of hydrogen-bond donors (Lipinski definition) is 1. The van der Waals surface area contributed by atoms with Gasteiger partial charge in [0, 0.05) is 16.1 Å². The Hall–Kier alpha value is -3.39. The van der Waals surface area contributed by atoms with Crippen LogP contribution in [0.5, 0.6) is 5.75 Å². The van der Waals surface area contributed by atoms with E-state index in [-0.39, 0.29) is 17.2 Å². The third-order valence-electron chi connectivity index (χ3n) is 5.14. The highest BCUT2D eigenvalue weighted by molar-refractivity contribution is 9.10. The molecule has 1 atom stereocenters. The van der Waals surface area contributed by atoms with Crippen molar-refractivity contribution in [3.63, 3.8) is 0 Å². The van der Waals surface area contributed by atoms with Crippen molar-refractivity contribution < 1.29 is 24.0 Å². The van der Waals surface area contributed by atoms with E-state index in [4.69, 9.17) is 9.26 Å². The molecule has 8 heteroatoms. The molecule has 0 aliphatic carbocycles. The molecule has 0 bridgehead atoms. The lowest BCUT2D eigenvalue weighted by Crippen LogP contribution is -2.29. The summed E-state index contributed by atoms with van der Waals surface area (Å²) in [5, 5.41) is 15.1. The van der Waals surface area contributed by atoms with Gasteiger partial charge < -0.3 is 14.4 Å². The molecule has 1 aliphatic heterocycles. The summed E-state index contributed by atoms with van der Waals surface area (Å²) in [6.45, 7) is 3.53. The van der Waals surface area contributed by atoms with E-state index in [1.54, 1.807) is 56.5 Å². The van der Waals surface area contributed by atoms with Crippen molar-refractivity contribution in [3.05, 3.63) is 81.0 Å². The lowest BCUT2D eigenvalue weighted by Gasteiger charge is -2.23. The minimum absolute atomic E-state index is 0.0201.